The molecule has 0 unspecified atom stereocenters. The Morgan fingerprint density at radius 2 is 2.16 bits per heavy atom. The van der Waals surface area contributed by atoms with E-state index in [1.807, 2.05) is 32.0 Å². The Kier molecular flexibility index (Phi) is 4.80. The van der Waals surface area contributed by atoms with E-state index in [0.717, 1.165) is 42.9 Å². The lowest BCUT2D eigenvalue weighted by Gasteiger charge is -2.22. The molecule has 1 amide bonds. The molecule has 104 valence electrons. The maximum atomic E-state index is 12.1. The molecule has 1 fully saturated rings. The van der Waals surface area contributed by atoms with Gasteiger partial charge in [0.05, 0.1) is 6.61 Å². The van der Waals surface area contributed by atoms with E-state index in [9.17, 15) is 4.79 Å². The monoisotopic (exact) mass is 262 g/mol. The van der Waals surface area contributed by atoms with E-state index >= 15 is 0 Å². The zero-order valence-corrected chi connectivity index (χ0v) is 11.7. The Morgan fingerprint density at radius 3 is 2.79 bits per heavy atom. The molecule has 1 saturated heterocycles. The van der Waals surface area contributed by atoms with Crippen molar-refractivity contribution in [3.63, 3.8) is 0 Å². The van der Waals surface area contributed by atoms with Crippen LogP contribution in [0.25, 0.3) is 0 Å². The molecule has 1 aromatic carbocycles. The number of hydrogen-bond donors (Lipinski definition) is 2. The minimum atomic E-state index is 0.130. The van der Waals surface area contributed by atoms with E-state index < -0.39 is 0 Å². The zero-order chi connectivity index (χ0) is 13.7. The summed E-state index contributed by atoms with van der Waals surface area (Å²) in [6.45, 7) is 6.47. The number of amides is 1. The Labute approximate surface area is 114 Å². The molecule has 0 bridgehead atoms. The Balaban J connectivity index is 1.98. The summed E-state index contributed by atoms with van der Waals surface area (Å²) in [7, 11) is 0. The summed E-state index contributed by atoms with van der Waals surface area (Å²) in [5, 5.41) is 6.27. The molecular formula is C15H22N2O2. The van der Waals surface area contributed by atoms with E-state index in [-0.39, 0.29) is 11.8 Å². The van der Waals surface area contributed by atoms with Crippen LogP contribution in [0.2, 0.25) is 0 Å². The van der Waals surface area contributed by atoms with Gasteiger partial charge < -0.3 is 15.4 Å². The van der Waals surface area contributed by atoms with Gasteiger partial charge >= 0.3 is 0 Å². The fraction of sp³-hybridized carbons (Fsp3) is 0.533. The first-order valence-corrected chi connectivity index (χ1v) is 6.95. The van der Waals surface area contributed by atoms with Gasteiger partial charge in [0.1, 0.15) is 5.75 Å². The highest BCUT2D eigenvalue weighted by atomic mass is 16.5. The van der Waals surface area contributed by atoms with Crippen LogP contribution in [0, 0.1) is 12.8 Å². The van der Waals surface area contributed by atoms with Gasteiger partial charge in [-0.05, 0) is 63.5 Å². The predicted molar refractivity (Wildman–Crippen MR) is 76.6 cm³/mol. The molecule has 0 radical (unpaired) electrons. The lowest BCUT2D eigenvalue weighted by Crippen LogP contribution is -2.34. The average molecular weight is 262 g/mol. The molecule has 0 aromatic heterocycles. The van der Waals surface area contributed by atoms with Gasteiger partial charge in [0, 0.05) is 11.6 Å². The number of hydrogen-bond acceptors (Lipinski definition) is 3. The quantitative estimate of drug-likeness (QED) is 0.875. The highest BCUT2D eigenvalue weighted by Crippen LogP contribution is 2.23. The predicted octanol–water partition coefficient (Wildman–Crippen LogP) is 2.33. The second-order valence-electron chi connectivity index (χ2n) is 4.93. The van der Waals surface area contributed by atoms with Gasteiger partial charge in [-0.2, -0.15) is 0 Å². The maximum Gasteiger partial charge on any atom is 0.227 e. The van der Waals surface area contributed by atoms with Crippen molar-refractivity contribution in [1.29, 1.82) is 0 Å². The minimum absolute atomic E-state index is 0.130. The van der Waals surface area contributed by atoms with Crippen molar-refractivity contribution in [3.05, 3.63) is 23.8 Å². The second kappa shape index (κ2) is 6.57. The number of carbonyl (C=O) groups excluding carboxylic acids is 1. The SMILES string of the molecule is CCOc1ccc(NC(=O)C2CCNCC2)cc1C. The highest BCUT2D eigenvalue weighted by Gasteiger charge is 2.20. The van der Waals surface area contributed by atoms with Crippen LogP contribution in [-0.4, -0.2) is 25.6 Å². The fourth-order valence-corrected chi connectivity index (χ4v) is 2.37. The van der Waals surface area contributed by atoms with E-state index in [2.05, 4.69) is 10.6 Å². The molecule has 4 nitrogen and oxygen atoms in total. The number of anilines is 1. The van der Waals surface area contributed by atoms with Crippen molar-refractivity contribution in [2.75, 3.05) is 25.0 Å². The smallest absolute Gasteiger partial charge is 0.227 e. The molecule has 1 heterocycles. The summed E-state index contributed by atoms with van der Waals surface area (Å²) >= 11 is 0. The molecule has 2 rings (SSSR count). The van der Waals surface area contributed by atoms with Crippen molar-refractivity contribution >= 4 is 11.6 Å². The number of piperidine rings is 1. The van der Waals surface area contributed by atoms with Crippen LogP contribution in [0.15, 0.2) is 18.2 Å². The summed E-state index contributed by atoms with van der Waals surface area (Å²) in [6, 6.07) is 5.78. The first-order valence-electron chi connectivity index (χ1n) is 6.95. The van der Waals surface area contributed by atoms with Gasteiger partial charge in [-0.15, -0.1) is 0 Å². The van der Waals surface area contributed by atoms with Crippen molar-refractivity contribution < 1.29 is 9.53 Å². The van der Waals surface area contributed by atoms with Crippen LogP contribution < -0.4 is 15.4 Å². The van der Waals surface area contributed by atoms with Crippen LogP contribution >= 0.6 is 0 Å². The Bertz CT molecular complexity index is 440. The number of rotatable bonds is 4. The molecule has 0 saturated carbocycles. The van der Waals surface area contributed by atoms with E-state index in [1.165, 1.54) is 0 Å². The maximum absolute atomic E-state index is 12.1. The van der Waals surface area contributed by atoms with E-state index in [0.29, 0.717) is 6.61 Å². The van der Waals surface area contributed by atoms with Gasteiger partial charge in [0.2, 0.25) is 5.91 Å². The van der Waals surface area contributed by atoms with Crippen molar-refractivity contribution in [3.8, 4) is 5.75 Å². The van der Waals surface area contributed by atoms with Gasteiger partial charge in [0.25, 0.3) is 0 Å². The first-order chi connectivity index (χ1) is 9.20. The van der Waals surface area contributed by atoms with E-state index in [4.69, 9.17) is 4.74 Å². The molecule has 0 aliphatic carbocycles. The molecular weight excluding hydrogens is 240 g/mol. The van der Waals surface area contributed by atoms with Crippen molar-refractivity contribution in [2.24, 2.45) is 5.92 Å². The summed E-state index contributed by atoms with van der Waals surface area (Å²) in [5.41, 5.74) is 1.90. The zero-order valence-electron chi connectivity index (χ0n) is 11.7. The molecule has 1 aliphatic heterocycles. The largest absolute Gasteiger partial charge is 0.494 e. The fourth-order valence-electron chi connectivity index (χ4n) is 2.37. The number of aryl methyl sites for hydroxylation is 1. The average Bonchev–Trinajstić information content (AvgIpc) is 2.43. The van der Waals surface area contributed by atoms with Crippen LogP contribution in [0.4, 0.5) is 5.69 Å². The third kappa shape index (κ3) is 3.70. The summed E-state index contributed by atoms with van der Waals surface area (Å²) < 4.78 is 5.49. The second-order valence-corrected chi connectivity index (χ2v) is 4.93. The minimum Gasteiger partial charge on any atom is -0.494 e. The van der Waals surface area contributed by atoms with E-state index in [1.54, 1.807) is 0 Å². The molecule has 19 heavy (non-hydrogen) atoms. The first kappa shape index (κ1) is 13.9. The third-order valence-electron chi connectivity index (χ3n) is 3.45. The molecule has 1 aliphatic rings. The Morgan fingerprint density at radius 1 is 1.42 bits per heavy atom. The van der Waals surface area contributed by atoms with Crippen molar-refractivity contribution in [1.82, 2.24) is 5.32 Å². The lowest BCUT2D eigenvalue weighted by atomic mass is 9.97. The normalized spacial score (nSPS) is 16.1. The molecule has 4 heteroatoms. The lowest BCUT2D eigenvalue weighted by molar-refractivity contribution is -0.120. The molecule has 2 N–H and O–H groups in total. The van der Waals surface area contributed by atoms with Crippen LogP contribution in [0.3, 0.4) is 0 Å². The van der Waals surface area contributed by atoms with Gasteiger partial charge in [-0.1, -0.05) is 0 Å². The third-order valence-corrected chi connectivity index (χ3v) is 3.45. The highest BCUT2D eigenvalue weighted by molar-refractivity contribution is 5.92. The molecule has 1 aromatic rings. The standard InChI is InChI=1S/C15H22N2O2/c1-3-19-14-5-4-13(10-11(14)2)17-15(18)12-6-8-16-9-7-12/h4-5,10,12,16H,3,6-9H2,1-2H3,(H,17,18). The van der Waals surface area contributed by atoms with Crippen LogP contribution in [0.1, 0.15) is 25.3 Å². The van der Waals surface area contributed by atoms with Crippen molar-refractivity contribution in [2.45, 2.75) is 26.7 Å². The van der Waals surface area contributed by atoms with Gasteiger partial charge in [0.15, 0.2) is 0 Å². The topological polar surface area (TPSA) is 50.4 Å². The van der Waals surface area contributed by atoms with Crippen LogP contribution in [0.5, 0.6) is 5.75 Å². The summed E-state index contributed by atoms with van der Waals surface area (Å²) in [4.78, 5) is 12.1. The number of ether oxygens (including phenoxy) is 1. The van der Waals surface area contributed by atoms with Gasteiger partial charge in [-0.3, -0.25) is 4.79 Å². The van der Waals surface area contributed by atoms with Gasteiger partial charge in [-0.25, -0.2) is 0 Å². The van der Waals surface area contributed by atoms with Crippen LogP contribution in [-0.2, 0) is 4.79 Å². The molecule has 0 atom stereocenters. The summed E-state index contributed by atoms with van der Waals surface area (Å²) in [6.07, 6.45) is 1.84. The Hall–Kier alpha value is -1.55. The molecule has 0 spiro atoms. The summed E-state index contributed by atoms with van der Waals surface area (Å²) in [5.74, 6) is 1.14. The number of carbonyl (C=O) groups is 1. The number of nitrogens with one attached hydrogen (secondary N) is 2. The number of benzene rings is 1.